The van der Waals surface area contributed by atoms with Crippen LogP contribution in [0.1, 0.15) is 26.3 Å². The van der Waals surface area contributed by atoms with Gasteiger partial charge in [-0.05, 0) is 17.2 Å². The van der Waals surface area contributed by atoms with E-state index in [1.807, 2.05) is 0 Å². The smallest absolute Gasteiger partial charge is 0.299 e. The van der Waals surface area contributed by atoms with Crippen LogP contribution in [0, 0.1) is 0 Å². The Morgan fingerprint density at radius 1 is 0.955 bits per heavy atom. The minimum atomic E-state index is -4.91. The number of rotatable bonds is 3. The van der Waals surface area contributed by atoms with Crippen LogP contribution in [0.5, 0.6) is 0 Å². The molecule has 0 fully saturated rings. The first-order valence-electron chi connectivity index (χ1n) is 6.27. The fourth-order valence-electron chi connectivity index (χ4n) is 2.46. The maximum absolute atomic E-state index is 12.3. The van der Waals surface area contributed by atoms with Crippen molar-refractivity contribution >= 4 is 21.7 Å². The summed E-state index contributed by atoms with van der Waals surface area (Å²) in [5.41, 5.74) is -0.600. The van der Waals surface area contributed by atoms with Gasteiger partial charge in [-0.25, -0.2) is 0 Å². The van der Waals surface area contributed by atoms with Gasteiger partial charge in [0.15, 0.2) is 5.78 Å². The fraction of sp³-hybridized carbons (Fsp3) is 0.0667. The summed E-state index contributed by atoms with van der Waals surface area (Å²) in [6.07, 6.45) is 0. The molecule has 2 aromatic carbocycles. The highest BCUT2D eigenvalue weighted by Crippen LogP contribution is 2.36. The van der Waals surface area contributed by atoms with Crippen LogP contribution in [0.3, 0.4) is 0 Å². The van der Waals surface area contributed by atoms with E-state index in [-0.39, 0.29) is 16.9 Å². The van der Waals surface area contributed by atoms with Crippen LogP contribution in [0.25, 0.3) is 11.1 Å². The Balaban J connectivity index is 2.08. The number of fused-ring (bicyclic) bond motifs is 3. The van der Waals surface area contributed by atoms with Crippen LogP contribution in [0.2, 0.25) is 0 Å². The van der Waals surface area contributed by atoms with E-state index in [2.05, 4.69) is 0 Å². The molecule has 1 unspecified atom stereocenters. The third kappa shape index (κ3) is 2.16. The van der Waals surface area contributed by atoms with Gasteiger partial charge in [0.25, 0.3) is 10.1 Å². The summed E-state index contributed by atoms with van der Waals surface area (Å²) in [6.45, 7) is 0. The number of aliphatic hydroxyl groups excluding tert-OH is 1. The van der Waals surface area contributed by atoms with Gasteiger partial charge >= 0.3 is 0 Å². The zero-order valence-electron chi connectivity index (χ0n) is 11.1. The van der Waals surface area contributed by atoms with Crippen molar-refractivity contribution in [1.82, 2.24) is 0 Å². The van der Waals surface area contributed by atoms with Gasteiger partial charge in [0, 0.05) is 16.7 Å². The molecule has 0 saturated carbocycles. The number of benzene rings is 2. The summed E-state index contributed by atoms with van der Waals surface area (Å²) in [7, 11) is -4.91. The van der Waals surface area contributed by atoms with Crippen LogP contribution >= 0.6 is 0 Å². The number of carbonyl (C=O) groups excluding carboxylic acids is 2. The standard InChI is InChI=1S/C15H10O6S/c16-13(15(18)22(19,20)21)8-5-6-10-9-3-1-2-4-11(9)14(17)12(10)7-8/h1-7,15,18H,(H,19,20,21). The summed E-state index contributed by atoms with van der Waals surface area (Å²) in [4.78, 5) is 24.2. The van der Waals surface area contributed by atoms with E-state index < -0.39 is 21.3 Å². The first-order valence-corrected chi connectivity index (χ1v) is 7.78. The van der Waals surface area contributed by atoms with Gasteiger partial charge in [-0.2, -0.15) is 8.42 Å². The SMILES string of the molecule is O=C1c2ccccc2-c2ccc(C(=O)C(O)S(=O)(=O)O)cc21. The highest BCUT2D eigenvalue weighted by molar-refractivity contribution is 7.87. The molecule has 112 valence electrons. The molecule has 2 aromatic rings. The van der Waals surface area contributed by atoms with E-state index in [4.69, 9.17) is 4.55 Å². The molecule has 6 nitrogen and oxygen atoms in total. The maximum atomic E-state index is 12.3. The first kappa shape index (κ1) is 14.6. The molecule has 3 rings (SSSR count). The van der Waals surface area contributed by atoms with Crippen LogP contribution in [-0.4, -0.2) is 35.1 Å². The molecule has 22 heavy (non-hydrogen) atoms. The van der Waals surface area contributed by atoms with Crippen molar-refractivity contribution in [1.29, 1.82) is 0 Å². The molecule has 0 aromatic heterocycles. The van der Waals surface area contributed by atoms with Crippen molar-refractivity contribution < 1.29 is 27.7 Å². The van der Waals surface area contributed by atoms with Gasteiger partial charge in [-0.3, -0.25) is 14.1 Å². The molecule has 0 radical (unpaired) electrons. The monoisotopic (exact) mass is 318 g/mol. The lowest BCUT2D eigenvalue weighted by Crippen LogP contribution is -2.29. The van der Waals surface area contributed by atoms with Gasteiger partial charge < -0.3 is 5.11 Å². The largest absolute Gasteiger partial charge is 0.369 e. The quantitative estimate of drug-likeness (QED) is 0.556. The Morgan fingerprint density at radius 3 is 2.18 bits per heavy atom. The molecule has 1 aliphatic carbocycles. The van der Waals surface area contributed by atoms with Gasteiger partial charge in [-0.1, -0.05) is 36.4 Å². The Labute approximate surface area is 125 Å². The van der Waals surface area contributed by atoms with E-state index in [9.17, 15) is 23.1 Å². The van der Waals surface area contributed by atoms with E-state index in [1.165, 1.54) is 18.2 Å². The lowest BCUT2D eigenvalue weighted by atomic mass is 10.0. The normalized spacial score (nSPS) is 14.4. The predicted molar refractivity (Wildman–Crippen MR) is 77.2 cm³/mol. The molecule has 2 N–H and O–H groups in total. The van der Waals surface area contributed by atoms with Crippen molar-refractivity contribution in [2.45, 2.75) is 5.44 Å². The zero-order valence-corrected chi connectivity index (χ0v) is 11.9. The Morgan fingerprint density at radius 2 is 1.55 bits per heavy atom. The third-order valence-electron chi connectivity index (χ3n) is 3.52. The molecule has 0 saturated heterocycles. The van der Waals surface area contributed by atoms with Crippen LogP contribution in [0.15, 0.2) is 42.5 Å². The van der Waals surface area contributed by atoms with Crippen LogP contribution in [0.4, 0.5) is 0 Å². The van der Waals surface area contributed by atoms with Crippen molar-refractivity contribution in [3.63, 3.8) is 0 Å². The molecule has 1 atom stereocenters. The predicted octanol–water partition coefficient (Wildman–Crippen LogP) is 1.29. The Kier molecular flexibility index (Phi) is 3.21. The average molecular weight is 318 g/mol. The molecular formula is C15H10O6S. The van der Waals surface area contributed by atoms with Gasteiger partial charge in [0.1, 0.15) is 0 Å². The molecule has 1 aliphatic rings. The molecular weight excluding hydrogens is 308 g/mol. The van der Waals surface area contributed by atoms with Crippen molar-refractivity contribution in [2.75, 3.05) is 0 Å². The topological polar surface area (TPSA) is 109 Å². The number of hydrogen-bond donors (Lipinski definition) is 2. The van der Waals surface area contributed by atoms with Crippen LogP contribution < -0.4 is 0 Å². The van der Waals surface area contributed by atoms with Crippen molar-refractivity contribution in [2.24, 2.45) is 0 Å². The van der Waals surface area contributed by atoms with E-state index in [1.54, 1.807) is 24.3 Å². The Bertz CT molecular complexity index is 913. The van der Waals surface area contributed by atoms with Crippen molar-refractivity contribution in [3.8, 4) is 11.1 Å². The summed E-state index contributed by atoms with van der Waals surface area (Å²) >= 11 is 0. The molecule has 0 spiro atoms. The van der Waals surface area contributed by atoms with Crippen molar-refractivity contribution in [3.05, 3.63) is 59.2 Å². The summed E-state index contributed by atoms with van der Waals surface area (Å²) in [5.74, 6) is -1.46. The number of Topliss-reactive ketones (excluding diaryl/α,β-unsaturated/α-hetero) is 1. The molecule has 0 heterocycles. The highest BCUT2D eigenvalue weighted by atomic mass is 32.2. The summed E-state index contributed by atoms with van der Waals surface area (Å²) in [5, 5.41) is 9.32. The minimum absolute atomic E-state index is 0.162. The second-order valence-corrected chi connectivity index (χ2v) is 6.34. The molecule has 7 heteroatoms. The highest BCUT2D eigenvalue weighted by Gasteiger charge is 2.32. The second kappa shape index (κ2) is 4.84. The van der Waals surface area contributed by atoms with E-state index in [0.717, 1.165) is 5.56 Å². The van der Waals surface area contributed by atoms with Crippen LogP contribution in [-0.2, 0) is 10.1 Å². The number of aliphatic hydroxyl groups is 1. The lowest BCUT2D eigenvalue weighted by molar-refractivity contribution is 0.0848. The van der Waals surface area contributed by atoms with Gasteiger partial charge in [0.2, 0.25) is 11.2 Å². The van der Waals surface area contributed by atoms with E-state index >= 15 is 0 Å². The third-order valence-corrected chi connectivity index (χ3v) is 4.30. The van der Waals surface area contributed by atoms with Gasteiger partial charge in [-0.15, -0.1) is 0 Å². The number of hydrogen-bond acceptors (Lipinski definition) is 5. The van der Waals surface area contributed by atoms with Gasteiger partial charge in [0.05, 0.1) is 0 Å². The second-order valence-electron chi connectivity index (χ2n) is 4.87. The minimum Gasteiger partial charge on any atom is -0.369 e. The van der Waals surface area contributed by atoms with E-state index in [0.29, 0.717) is 11.1 Å². The fourth-order valence-corrected chi connectivity index (χ4v) is 2.87. The Hall–Kier alpha value is -2.35. The maximum Gasteiger partial charge on any atom is 0.299 e. The average Bonchev–Trinajstić information content (AvgIpc) is 2.78. The molecule has 0 bridgehead atoms. The molecule has 0 aliphatic heterocycles. The summed E-state index contributed by atoms with van der Waals surface area (Å²) < 4.78 is 30.4. The summed E-state index contributed by atoms with van der Waals surface area (Å²) in [6, 6.07) is 11.0. The number of ketones is 2. The number of carbonyl (C=O) groups is 2. The molecule has 0 amide bonds. The first-order chi connectivity index (χ1) is 10.3. The zero-order chi connectivity index (χ0) is 16.1. The lowest BCUT2D eigenvalue weighted by Gasteiger charge is -2.07.